The van der Waals surface area contributed by atoms with Crippen LogP contribution in [0.2, 0.25) is 0 Å². The molecule has 3 N–H and O–H groups in total. The Morgan fingerprint density at radius 1 is 1.50 bits per heavy atom. The molecule has 96 valence electrons. The van der Waals surface area contributed by atoms with Crippen LogP contribution in [-0.2, 0) is 10.0 Å². The number of carboxylic acid groups (broad SMARTS) is 1. The molecule has 0 saturated heterocycles. The number of rotatable bonds is 5. The van der Waals surface area contributed by atoms with Crippen molar-refractivity contribution in [3.8, 4) is 18.1 Å². The molecular formula is C11H11NO5S. The third-order valence-corrected chi connectivity index (χ3v) is 2.93. The molecule has 0 spiro atoms. The number of primary sulfonamides is 1. The van der Waals surface area contributed by atoms with Gasteiger partial charge in [0.1, 0.15) is 10.6 Å². The van der Waals surface area contributed by atoms with Crippen molar-refractivity contribution >= 4 is 16.0 Å². The van der Waals surface area contributed by atoms with Crippen molar-refractivity contribution in [3.05, 3.63) is 23.8 Å². The maximum absolute atomic E-state index is 11.3. The van der Waals surface area contributed by atoms with Gasteiger partial charge < -0.3 is 9.84 Å². The average molecular weight is 269 g/mol. The Balaban J connectivity index is 3.19. The number of sulfonamides is 1. The van der Waals surface area contributed by atoms with Crippen LogP contribution >= 0.6 is 0 Å². The van der Waals surface area contributed by atoms with Crippen LogP contribution in [0.5, 0.6) is 5.75 Å². The third-order valence-electron chi connectivity index (χ3n) is 2.00. The molecule has 7 heteroatoms. The molecule has 1 aromatic carbocycles. The zero-order valence-corrected chi connectivity index (χ0v) is 10.1. The van der Waals surface area contributed by atoms with Crippen LogP contribution in [-0.4, -0.2) is 26.1 Å². The molecule has 0 aromatic heterocycles. The van der Waals surface area contributed by atoms with E-state index in [0.717, 1.165) is 6.07 Å². The van der Waals surface area contributed by atoms with Gasteiger partial charge >= 0.3 is 5.97 Å². The fourth-order valence-corrected chi connectivity index (χ4v) is 1.90. The Morgan fingerprint density at radius 3 is 2.67 bits per heavy atom. The number of aromatic carboxylic acids is 1. The van der Waals surface area contributed by atoms with Crippen LogP contribution in [0.15, 0.2) is 23.1 Å². The van der Waals surface area contributed by atoms with E-state index in [0.29, 0.717) is 6.42 Å². The number of nitrogens with two attached hydrogens (primary N) is 1. The molecule has 18 heavy (non-hydrogen) atoms. The van der Waals surface area contributed by atoms with Crippen molar-refractivity contribution in [2.24, 2.45) is 5.14 Å². The molecular weight excluding hydrogens is 258 g/mol. The van der Waals surface area contributed by atoms with Crippen molar-refractivity contribution in [2.45, 2.75) is 11.3 Å². The summed E-state index contributed by atoms with van der Waals surface area (Å²) in [4.78, 5) is 10.4. The van der Waals surface area contributed by atoms with E-state index in [1.54, 1.807) is 0 Å². The van der Waals surface area contributed by atoms with Gasteiger partial charge in [-0.2, -0.15) is 0 Å². The van der Waals surface area contributed by atoms with Gasteiger partial charge in [-0.15, -0.1) is 12.3 Å². The summed E-state index contributed by atoms with van der Waals surface area (Å²) in [7, 11) is -4.07. The first-order valence-electron chi connectivity index (χ1n) is 4.82. The molecule has 0 fully saturated rings. The van der Waals surface area contributed by atoms with Crippen LogP contribution < -0.4 is 9.88 Å². The maximum atomic E-state index is 11.3. The first-order valence-corrected chi connectivity index (χ1v) is 6.37. The van der Waals surface area contributed by atoms with Crippen molar-refractivity contribution in [1.82, 2.24) is 0 Å². The van der Waals surface area contributed by atoms with Gasteiger partial charge in [-0.05, 0) is 18.2 Å². The van der Waals surface area contributed by atoms with Crippen molar-refractivity contribution in [2.75, 3.05) is 6.61 Å². The first-order chi connectivity index (χ1) is 8.36. The summed E-state index contributed by atoms with van der Waals surface area (Å²) in [6.45, 7) is 0.117. The van der Waals surface area contributed by atoms with E-state index < -0.39 is 16.0 Å². The van der Waals surface area contributed by atoms with Gasteiger partial charge in [-0.3, -0.25) is 0 Å². The number of terminal acetylenes is 1. The summed E-state index contributed by atoms with van der Waals surface area (Å²) < 4.78 is 27.8. The second-order valence-electron chi connectivity index (χ2n) is 3.31. The van der Waals surface area contributed by atoms with Gasteiger partial charge in [0, 0.05) is 6.42 Å². The SMILES string of the molecule is C#CCCOc1ccc(C(=O)O)cc1S(N)(=O)=O. The minimum absolute atomic E-state index is 0.0160. The standard InChI is InChI=1S/C11H11NO5S/c1-2-3-6-17-9-5-4-8(11(13)14)7-10(9)18(12,15)16/h1,4-5,7H,3,6H2,(H,13,14)(H2,12,15,16). The van der Waals surface area contributed by atoms with E-state index in [-0.39, 0.29) is 22.8 Å². The van der Waals surface area contributed by atoms with E-state index in [1.165, 1.54) is 12.1 Å². The number of ether oxygens (including phenoxy) is 1. The molecule has 1 rings (SSSR count). The summed E-state index contributed by atoms with van der Waals surface area (Å²) in [5, 5.41) is 13.8. The predicted octanol–water partition coefficient (Wildman–Crippen LogP) is 0.434. The summed E-state index contributed by atoms with van der Waals surface area (Å²) in [6, 6.07) is 3.41. The highest BCUT2D eigenvalue weighted by Gasteiger charge is 2.18. The Morgan fingerprint density at radius 2 is 2.17 bits per heavy atom. The van der Waals surface area contributed by atoms with Crippen molar-refractivity contribution < 1.29 is 23.1 Å². The molecule has 0 saturated carbocycles. The van der Waals surface area contributed by atoms with Crippen LogP contribution in [0.1, 0.15) is 16.8 Å². The van der Waals surface area contributed by atoms with Gasteiger partial charge in [-0.25, -0.2) is 18.4 Å². The summed E-state index contributed by atoms with van der Waals surface area (Å²) >= 11 is 0. The number of benzene rings is 1. The van der Waals surface area contributed by atoms with Crippen LogP contribution in [0.4, 0.5) is 0 Å². The highest BCUT2D eigenvalue weighted by Crippen LogP contribution is 2.24. The molecule has 0 aliphatic carbocycles. The maximum Gasteiger partial charge on any atom is 0.335 e. The largest absolute Gasteiger partial charge is 0.491 e. The van der Waals surface area contributed by atoms with E-state index in [1.807, 2.05) is 0 Å². The van der Waals surface area contributed by atoms with Gasteiger partial charge in [-0.1, -0.05) is 0 Å². The van der Waals surface area contributed by atoms with Gasteiger partial charge in [0.05, 0.1) is 12.2 Å². The second kappa shape index (κ2) is 5.53. The molecule has 0 amide bonds. The lowest BCUT2D eigenvalue weighted by molar-refractivity contribution is 0.0696. The third kappa shape index (κ3) is 3.48. The first kappa shape index (κ1) is 14.0. The molecule has 0 aliphatic heterocycles. The van der Waals surface area contributed by atoms with Gasteiger partial charge in [0.25, 0.3) is 0 Å². The fourth-order valence-electron chi connectivity index (χ4n) is 1.20. The van der Waals surface area contributed by atoms with Crippen LogP contribution in [0, 0.1) is 12.3 Å². The van der Waals surface area contributed by atoms with E-state index in [4.69, 9.17) is 21.4 Å². The number of carboxylic acids is 1. The van der Waals surface area contributed by atoms with Crippen molar-refractivity contribution in [1.29, 1.82) is 0 Å². The van der Waals surface area contributed by atoms with Crippen LogP contribution in [0.3, 0.4) is 0 Å². The zero-order valence-electron chi connectivity index (χ0n) is 9.29. The highest BCUT2D eigenvalue weighted by molar-refractivity contribution is 7.89. The van der Waals surface area contributed by atoms with Crippen LogP contribution in [0.25, 0.3) is 0 Å². The molecule has 0 aliphatic rings. The lowest BCUT2D eigenvalue weighted by atomic mass is 10.2. The lowest BCUT2D eigenvalue weighted by Crippen LogP contribution is -2.15. The molecule has 0 unspecified atom stereocenters. The van der Waals surface area contributed by atoms with E-state index in [2.05, 4.69) is 5.92 Å². The zero-order chi connectivity index (χ0) is 13.8. The lowest BCUT2D eigenvalue weighted by Gasteiger charge is -2.09. The number of hydrogen-bond donors (Lipinski definition) is 2. The Labute approximate surface area is 104 Å². The minimum Gasteiger partial charge on any atom is -0.491 e. The van der Waals surface area contributed by atoms with Gasteiger partial charge in [0.2, 0.25) is 10.0 Å². The highest BCUT2D eigenvalue weighted by atomic mass is 32.2. The monoisotopic (exact) mass is 269 g/mol. The Hall–Kier alpha value is -2.04. The number of hydrogen-bond acceptors (Lipinski definition) is 4. The van der Waals surface area contributed by atoms with E-state index >= 15 is 0 Å². The van der Waals surface area contributed by atoms with E-state index in [9.17, 15) is 13.2 Å². The van der Waals surface area contributed by atoms with Crippen molar-refractivity contribution in [3.63, 3.8) is 0 Å². The summed E-state index contributed by atoms with van der Waals surface area (Å²) in [5.74, 6) is 1.06. The molecule has 6 nitrogen and oxygen atoms in total. The summed E-state index contributed by atoms with van der Waals surface area (Å²) in [6.07, 6.45) is 5.33. The normalized spacial score (nSPS) is 10.7. The summed E-state index contributed by atoms with van der Waals surface area (Å²) in [5.41, 5.74) is -0.191. The Kier molecular flexibility index (Phi) is 4.31. The second-order valence-corrected chi connectivity index (χ2v) is 4.84. The molecule has 0 radical (unpaired) electrons. The predicted molar refractivity (Wildman–Crippen MR) is 63.7 cm³/mol. The average Bonchev–Trinajstić information content (AvgIpc) is 2.28. The topological polar surface area (TPSA) is 107 Å². The fraction of sp³-hybridized carbons (Fsp3) is 0.182. The smallest absolute Gasteiger partial charge is 0.335 e. The number of carbonyl (C=O) groups is 1. The quantitative estimate of drug-likeness (QED) is 0.595. The Bertz CT molecular complexity index is 600. The minimum atomic E-state index is -4.07. The molecule has 0 heterocycles. The molecule has 0 bridgehead atoms. The molecule has 0 atom stereocenters. The van der Waals surface area contributed by atoms with Gasteiger partial charge in [0.15, 0.2) is 0 Å². The molecule has 1 aromatic rings.